The van der Waals surface area contributed by atoms with Gasteiger partial charge in [0, 0.05) is 22.4 Å². The van der Waals surface area contributed by atoms with E-state index in [1.54, 1.807) is 66.7 Å². The van der Waals surface area contributed by atoms with Crippen LogP contribution in [-0.4, -0.2) is 11.6 Å². The zero-order chi connectivity index (χ0) is 19.0. The van der Waals surface area contributed by atoms with E-state index in [4.69, 9.17) is 5.73 Å². The fourth-order valence-corrected chi connectivity index (χ4v) is 3.09. The van der Waals surface area contributed by atoms with Gasteiger partial charge in [-0.1, -0.05) is 54.6 Å². The van der Waals surface area contributed by atoms with E-state index in [0.29, 0.717) is 27.9 Å². The highest BCUT2D eigenvalue weighted by Gasteiger charge is 2.30. The molecule has 3 N–H and O–H groups in total. The first-order chi connectivity index (χ1) is 13.1. The number of halogens is 1. The van der Waals surface area contributed by atoms with Gasteiger partial charge in [-0.3, -0.25) is 9.59 Å². The molecule has 0 amide bonds. The van der Waals surface area contributed by atoms with Crippen molar-refractivity contribution in [2.45, 2.75) is 0 Å². The summed E-state index contributed by atoms with van der Waals surface area (Å²) in [7, 11) is 0. The summed E-state index contributed by atoms with van der Waals surface area (Å²) in [5.74, 6) is -1.02. The van der Waals surface area contributed by atoms with Crippen molar-refractivity contribution in [3.63, 3.8) is 0 Å². The summed E-state index contributed by atoms with van der Waals surface area (Å²) in [6.45, 7) is 0. The Hall–Kier alpha value is -3.73. The summed E-state index contributed by atoms with van der Waals surface area (Å²) in [4.78, 5) is 25.1. The number of nitrogens with two attached hydrogens (primary N) is 1. The lowest BCUT2D eigenvalue weighted by atomic mass is 9.90. The van der Waals surface area contributed by atoms with E-state index in [1.165, 1.54) is 6.07 Å². The highest BCUT2D eigenvalue weighted by atomic mass is 19.1. The summed E-state index contributed by atoms with van der Waals surface area (Å²) in [6, 6.07) is 20.0. The number of nitrogens with one attached hydrogen (secondary N) is 1. The zero-order valence-electron chi connectivity index (χ0n) is 14.2. The third-order valence-corrected chi connectivity index (χ3v) is 4.50. The van der Waals surface area contributed by atoms with Gasteiger partial charge in [0.1, 0.15) is 17.2 Å². The Bertz CT molecular complexity index is 1100. The minimum Gasteiger partial charge on any atom is -0.394 e. The lowest BCUT2D eigenvalue weighted by molar-refractivity contribution is 0.0974. The smallest absolute Gasteiger partial charge is 0.212 e. The molecule has 0 fully saturated rings. The van der Waals surface area contributed by atoms with E-state index < -0.39 is 0 Å². The standard InChI is InChI=1S/C22H15FN2O2/c23-18-8-4-3-5-15(18)13-9-11-14(12-10-13)25-20-19(24)21(26)16-6-1-2-7-17(16)22(20)27/h1-12,25H,24H2. The van der Waals surface area contributed by atoms with Crippen molar-refractivity contribution in [3.8, 4) is 11.1 Å². The van der Waals surface area contributed by atoms with Crippen molar-refractivity contribution >= 4 is 17.3 Å². The summed E-state index contributed by atoms with van der Waals surface area (Å²) in [5.41, 5.74) is 8.25. The van der Waals surface area contributed by atoms with Crippen LogP contribution < -0.4 is 11.1 Å². The van der Waals surface area contributed by atoms with Gasteiger partial charge in [0.25, 0.3) is 0 Å². The maximum Gasteiger partial charge on any atom is 0.212 e. The number of rotatable bonds is 3. The summed E-state index contributed by atoms with van der Waals surface area (Å²) in [6.07, 6.45) is 0. The van der Waals surface area contributed by atoms with Crippen molar-refractivity contribution in [1.29, 1.82) is 0 Å². The van der Waals surface area contributed by atoms with Crippen LogP contribution in [0.4, 0.5) is 10.1 Å². The van der Waals surface area contributed by atoms with E-state index >= 15 is 0 Å². The van der Waals surface area contributed by atoms with Crippen molar-refractivity contribution in [1.82, 2.24) is 0 Å². The third-order valence-electron chi connectivity index (χ3n) is 4.50. The number of fused-ring (bicyclic) bond motifs is 1. The molecule has 0 radical (unpaired) electrons. The molecule has 1 aliphatic carbocycles. The molecular weight excluding hydrogens is 343 g/mol. The fraction of sp³-hybridized carbons (Fsp3) is 0. The molecule has 4 rings (SSSR count). The maximum absolute atomic E-state index is 13.9. The fourth-order valence-electron chi connectivity index (χ4n) is 3.09. The number of allylic oxidation sites excluding steroid dienone is 2. The van der Waals surface area contributed by atoms with Crippen LogP contribution in [0.5, 0.6) is 0 Å². The monoisotopic (exact) mass is 358 g/mol. The van der Waals surface area contributed by atoms with Crippen molar-refractivity contribution in [2.24, 2.45) is 5.73 Å². The summed E-state index contributed by atoms with van der Waals surface area (Å²) < 4.78 is 13.9. The van der Waals surface area contributed by atoms with Crippen LogP contribution >= 0.6 is 0 Å². The Kier molecular flexibility index (Phi) is 4.05. The van der Waals surface area contributed by atoms with Gasteiger partial charge in [-0.25, -0.2) is 4.39 Å². The molecule has 0 atom stereocenters. The second-order valence-electron chi connectivity index (χ2n) is 6.17. The minimum atomic E-state index is -0.379. The van der Waals surface area contributed by atoms with E-state index in [0.717, 1.165) is 0 Å². The number of ketones is 2. The molecule has 0 saturated carbocycles. The second-order valence-corrected chi connectivity index (χ2v) is 6.17. The molecule has 0 heterocycles. The Labute approximate surface area is 155 Å². The Morgan fingerprint density at radius 3 is 1.89 bits per heavy atom. The molecule has 0 saturated heterocycles. The molecular formula is C22H15FN2O2. The minimum absolute atomic E-state index is 0.0531. The molecule has 0 aliphatic heterocycles. The van der Waals surface area contributed by atoms with E-state index in [1.807, 2.05) is 0 Å². The Morgan fingerprint density at radius 1 is 0.704 bits per heavy atom. The number of hydrogen-bond acceptors (Lipinski definition) is 4. The Morgan fingerprint density at radius 2 is 1.26 bits per heavy atom. The van der Waals surface area contributed by atoms with Crippen molar-refractivity contribution in [2.75, 3.05) is 5.32 Å². The van der Waals surface area contributed by atoms with Crippen molar-refractivity contribution < 1.29 is 14.0 Å². The highest BCUT2D eigenvalue weighted by Crippen LogP contribution is 2.27. The summed E-state index contributed by atoms with van der Waals surface area (Å²) in [5, 5.41) is 2.94. The predicted octanol–water partition coefficient (Wildman–Crippen LogP) is 4.15. The number of carbonyl (C=O) groups excluding carboxylic acids is 2. The number of hydrogen-bond donors (Lipinski definition) is 2. The first-order valence-electron chi connectivity index (χ1n) is 8.36. The molecule has 3 aromatic carbocycles. The van der Waals surface area contributed by atoms with Crippen LogP contribution in [0.3, 0.4) is 0 Å². The number of benzene rings is 3. The van der Waals surface area contributed by atoms with E-state index in [2.05, 4.69) is 5.32 Å². The largest absolute Gasteiger partial charge is 0.394 e. The van der Waals surface area contributed by atoms with Gasteiger partial charge >= 0.3 is 0 Å². The maximum atomic E-state index is 13.9. The molecule has 0 spiro atoms. The van der Waals surface area contributed by atoms with Gasteiger partial charge in [-0.15, -0.1) is 0 Å². The number of Topliss-reactive ketones (excluding diaryl/α,β-unsaturated/α-hetero) is 2. The molecule has 0 aromatic heterocycles. The van der Waals surface area contributed by atoms with Gasteiger partial charge < -0.3 is 11.1 Å². The highest BCUT2D eigenvalue weighted by molar-refractivity contribution is 6.27. The average Bonchev–Trinajstić information content (AvgIpc) is 2.70. The quantitative estimate of drug-likeness (QED) is 0.738. The normalized spacial score (nSPS) is 13.5. The van der Waals surface area contributed by atoms with Gasteiger partial charge in [0.05, 0.1) is 0 Å². The molecule has 5 heteroatoms. The van der Waals surface area contributed by atoms with Gasteiger partial charge in [0.15, 0.2) is 0 Å². The molecule has 0 unspecified atom stereocenters. The van der Waals surface area contributed by atoms with Crippen LogP contribution in [0.15, 0.2) is 84.2 Å². The van der Waals surface area contributed by atoms with Crippen molar-refractivity contribution in [3.05, 3.63) is 101 Å². The average molecular weight is 358 g/mol. The molecule has 4 nitrogen and oxygen atoms in total. The second kappa shape index (κ2) is 6.53. The Balaban J connectivity index is 1.65. The van der Waals surface area contributed by atoms with E-state index in [9.17, 15) is 14.0 Å². The SMILES string of the molecule is NC1=C(Nc2ccc(-c3ccccc3F)cc2)C(=O)c2ccccc2C1=O. The zero-order valence-corrected chi connectivity index (χ0v) is 14.2. The topological polar surface area (TPSA) is 72.2 Å². The molecule has 0 bridgehead atoms. The molecule has 3 aromatic rings. The third kappa shape index (κ3) is 2.89. The lowest BCUT2D eigenvalue weighted by Gasteiger charge is -2.19. The van der Waals surface area contributed by atoms with Crippen LogP contribution in [0.2, 0.25) is 0 Å². The van der Waals surface area contributed by atoms with Crippen LogP contribution in [-0.2, 0) is 0 Å². The van der Waals surface area contributed by atoms with Gasteiger partial charge in [0.2, 0.25) is 11.6 Å². The van der Waals surface area contributed by atoms with Gasteiger partial charge in [-0.05, 0) is 23.8 Å². The lowest BCUT2D eigenvalue weighted by Crippen LogP contribution is -2.29. The molecule has 132 valence electrons. The number of carbonyl (C=O) groups is 2. The van der Waals surface area contributed by atoms with Crippen LogP contribution in [0.1, 0.15) is 20.7 Å². The first kappa shape index (κ1) is 16.7. The summed E-state index contributed by atoms with van der Waals surface area (Å²) >= 11 is 0. The van der Waals surface area contributed by atoms with Gasteiger partial charge in [-0.2, -0.15) is 0 Å². The molecule has 1 aliphatic rings. The number of anilines is 1. The van der Waals surface area contributed by atoms with Crippen LogP contribution in [0, 0.1) is 5.82 Å². The first-order valence-corrected chi connectivity index (χ1v) is 8.36. The predicted molar refractivity (Wildman–Crippen MR) is 102 cm³/mol. The van der Waals surface area contributed by atoms with E-state index in [-0.39, 0.29) is 28.8 Å². The molecule has 27 heavy (non-hydrogen) atoms. The van der Waals surface area contributed by atoms with Crippen LogP contribution in [0.25, 0.3) is 11.1 Å².